The summed E-state index contributed by atoms with van der Waals surface area (Å²) in [5.74, 6) is -2.14. The summed E-state index contributed by atoms with van der Waals surface area (Å²) in [6.45, 7) is 4.89. The summed E-state index contributed by atoms with van der Waals surface area (Å²) in [6, 6.07) is 6.54. The molecule has 0 heterocycles. The molecule has 2 fully saturated rings. The van der Waals surface area contributed by atoms with Crippen molar-refractivity contribution in [2.24, 2.45) is 0 Å². The molecule has 31 heavy (non-hydrogen) atoms. The number of rotatable bonds is 6. The first kappa shape index (κ1) is 23.0. The van der Waals surface area contributed by atoms with Crippen molar-refractivity contribution in [2.75, 3.05) is 0 Å². The molecule has 0 bridgehead atoms. The van der Waals surface area contributed by atoms with Crippen LogP contribution in [0.4, 0.5) is 13.6 Å². The quantitative estimate of drug-likeness (QED) is 0.666. The van der Waals surface area contributed by atoms with E-state index in [4.69, 9.17) is 9.47 Å². The molecule has 0 aliphatic heterocycles. The first-order valence-electron chi connectivity index (χ1n) is 10.3. The molecule has 4 atom stereocenters. The molecular formula is C22H28F2N2O5. The number of hydrogen-bond donors (Lipinski definition) is 2. The van der Waals surface area contributed by atoms with Gasteiger partial charge in [-0.2, -0.15) is 0 Å². The minimum absolute atomic E-state index is 0.0963. The van der Waals surface area contributed by atoms with E-state index in [9.17, 15) is 14.4 Å². The standard InChI is InChI=1S/C22H28F2N2O5/c1-20(2,3)31-19(29)26-15-9-11-21(15,23)17(27)25-16-10-12-22(16,24)18(28)30-13-14-7-5-4-6-8-14/h4-8,15-16H,9-13H2,1-3H3,(H,25,27)(H,26,29)/t15-,16-,21-,22-/m1/s1. The van der Waals surface area contributed by atoms with E-state index in [1.807, 2.05) is 0 Å². The Morgan fingerprint density at radius 3 is 2.10 bits per heavy atom. The van der Waals surface area contributed by atoms with Crippen LogP contribution in [-0.2, 0) is 25.7 Å². The van der Waals surface area contributed by atoms with Gasteiger partial charge in [0.2, 0.25) is 11.3 Å². The Balaban J connectivity index is 1.54. The third-order valence-electron chi connectivity index (χ3n) is 5.62. The lowest BCUT2D eigenvalue weighted by Gasteiger charge is -2.45. The second kappa shape index (κ2) is 8.43. The maximum absolute atomic E-state index is 15.2. The van der Waals surface area contributed by atoms with Crippen molar-refractivity contribution < 1.29 is 32.6 Å². The van der Waals surface area contributed by atoms with E-state index in [-0.39, 0.29) is 32.3 Å². The molecule has 0 radical (unpaired) electrons. The van der Waals surface area contributed by atoms with Gasteiger partial charge in [0, 0.05) is 0 Å². The Bertz CT molecular complexity index is 844. The Kier molecular flexibility index (Phi) is 6.25. The van der Waals surface area contributed by atoms with Gasteiger partial charge in [0.05, 0.1) is 12.1 Å². The van der Waals surface area contributed by atoms with Gasteiger partial charge in [0.25, 0.3) is 5.91 Å². The molecule has 170 valence electrons. The summed E-state index contributed by atoms with van der Waals surface area (Å²) in [4.78, 5) is 36.7. The van der Waals surface area contributed by atoms with Crippen molar-refractivity contribution in [2.45, 2.75) is 82.1 Å². The molecule has 0 aromatic heterocycles. The van der Waals surface area contributed by atoms with Gasteiger partial charge in [-0.25, -0.2) is 18.4 Å². The van der Waals surface area contributed by atoms with E-state index in [1.54, 1.807) is 51.1 Å². The monoisotopic (exact) mass is 438 g/mol. The molecule has 2 saturated carbocycles. The van der Waals surface area contributed by atoms with Crippen molar-refractivity contribution in [1.29, 1.82) is 0 Å². The van der Waals surface area contributed by atoms with E-state index in [2.05, 4.69) is 10.6 Å². The van der Waals surface area contributed by atoms with Crippen LogP contribution in [0.2, 0.25) is 0 Å². The SMILES string of the molecule is CC(C)(C)OC(=O)N[C@@H]1CC[C@]1(F)C(=O)N[C@@H]1CC[C@]1(F)C(=O)OCc1ccccc1. The number of alkyl carbamates (subject to hydrolysis) is 1. The molecule has 1 aromatic carbocycles. The van der Waals surface area contributed by atoms with Crippen LogP contribution in [0.15, 0.2) is 30.3 Å². The van der Waals surface area contributed by atoms with Crippen LogP contribution in [0.3, 0.4) is 0 Å². The predicted octanol–water partition coefficient (Wildman–Crippen LogP) is 3.11. The molecule has 0 saturated heterocycles. The van der Waals surface area contributed by atoms with Crippen LogP contribution in [-0.4, -0.2) is 47.0 Å². The Morgan fingerprint density at radius 2 is 1.58 bits per heavy atom. The molecule has 9 heteroatoms. The summed E-state index contributed by atoms with van der Waals surface area (Å²) in [5.41, 5.74) is -4.86. The van der Waals surface area contributed by atoms with Crippen molar-refractivity contribution >= 4 is 18.0 Å². The highest BCUT2D eigenvalue weighted by atomic mass is 19.1. The summed E-state index contributed by atoms with van der Waals surface area (Å²) >= 11 is 0. The third kappa shape index (κ3) is 4.97. The molecule has 3 rings (SSSR count). The number of nitrogens with one attached hydrogen (secondary N) is 2. The van der Waals surface area contributed by atoms with Crippen LogP contribution in [0.25, 0.3) is 0 Å². The van der Waals surface area contributed by atoms with Gasteiger partial charge in [0.1, 0.15) is 12.2 Å². The predicted molar refractivity (Wildman–Crippen MR) is 107 cm³/mol. The average molecular weight is 438 g/mol. The summed E-state index contributed by atoms with van der Waals surface area (Å²) in [5, 5.41) is 4.65. The molecule has 7 nitrogen and oxygen atoms in total. The van der Waals surface area contributed by atoms with Gasteiger partial charge in [-0.15, -0.1) is 0 Å². The number of benzene rings is 1. The van der Waals surface area contributed by atoms with E-state index < -0.39 is 47.0 Å². The number of amides is 2. The first-order valence-corrected chi connectivity index (χ1v) is 10.3. The molecule has 0 spiro atoms. The number of esters is 1. The largest absolute Gasteiger partial charge is 0.458 e. The van der Waals surface area contributed by atoms with Gasteiger partial charge in [0.15, 0.2) is 0 Å². The molecule has 0 unspecified atom stereocenters. The fourth-order valence-electron chi connectivity index (χ4n) is 3.54. The Morgan fingerprint density at radius 1 is 1.00 bits per heavy atom. The third-order valence-corrected chi connectivity index (χ3v) is 5.62. The highest BCUT2D eigenvalue weighted by molar-refractivity contribution is 5.90. The number of carbonyl (C=O) groups excluding carboxylic acids is 3. The number of alkyl halides is 2. The van der Waals surface area contributed by atoms with Crippen LogP contribution >= 0.6 is 0 Å². The fourth-order valence-corrected chi connectivity index (χ4v) is 3.54. The van der Waals surface area contributed by atoms with Crippen molar-refractivity contribution in [1.82, 2.24) is 10.6 Å². The highest BCUT2D eigenvalue weighted by Gasteiger charge is 2.60. The molecule has 1 aromatic rings. The zero-order valence-electron chi connectivity index (χ0n) is 17.9. The van der Waals surface area contributed by atoms with Crippen molar-refractivity contribution in [3.8, 4) is 0 Å². The van der Waals surface area contributed by atoms with Crippen LogP contribution < -0.4 is 10.6 Å². The fraction of sp³-hybridized carbons (Fsp3) is 0.591. The van der Waals surface area contributed by atoms with Gasteiger partial charge in [-0.3, -0.25) is 4.79 Å². The number of ether oxygens (including phenoxy) is 2. The smallest absolute Gasteiger partial charge is 0.407 e. The zero-order valence-corrected chi connectivity index (χ0v) is 17.9. The summed E-state index contributed by atoms with van der Waals surface area (Å²) < 4.78 is 40.5. The van der Waals surface area contributed by atoms with E-state index >= 15 is 8.78 Å². The molecule has 2 N–H and O–H groups in total. The maximum Gasteiger partial charge on any atom is 0.407 e. The average Bonchev–Trinajstić information content (AvgIpc) is 2.70. The van der Waals surface area contributed by atoms with E-state index in [0.717, 1.165) is 0 Å². The van der Waals surface area contributed by atoms with Crippen LogP contribution in [0, 0.1) is 0 Å². The Labute approximate surface area is 179 Å². The second-order valence-corrected chi connectivity index (χ2v) is 9.09. The van der Waals surface area contributed by atoms with Gasteiger partial charge < -0.3 is 20.1 Å². The van der Waals surface area contributed by atoms with Crippen LogP contribution in [0.5, 0.6) is 0 Å². The summed E-state index contributed by atoms with van der Waals surface area (Å²) in [6.07, 6.45) is -0.648. The van der Waals surface area contributed by atoms with E-state index in [0.29, 0.717) is 5.56 Å². The number of hydrogen-bond acceptors (Lipinski definition) is 5. The molecule has 2 aliphatic carbocycles. The van der Waals surface area contributed by atoms with Gasteiger partial charge in [-0.05, 0) is 52.0 Å². The van der Waals surface area contributed by atoms with Crippen LogP contribution in [0.1, 0.15) is 52.0 Å². The summed E-state index contributed by atoms with van der Waals surface area (Å²) in [7, 11) is 0. The highest BCUT2D eigenvalue weighted by Crippen LogP contribution is 2.41. The van der Waals surface area contributed by atoms with Crippen molar-refractivity contribution in [3.63, 3.8) is 0 Å². The number of halogens is 2. The second-order valence-electron chi connectivity index (χ2n) is 9.09. The lowest BCUT2D eigenvalue weighted by Crippen LogP contribution is -2.69. The minimum Gasteiger partial charge on any atom is -0.458 e. The van der Waals surface area contributed by atoms with E-state index in [1.165, 1.54) is 0 Å². The normalized spacial score (nSPS) is 29.7. The molecule has 2 aliphatic rings. The minimum atomic E-state index is -2.40. The zero-order chi connectivity index (χ0) is 22.9. The Hall–Kier alpha value is -2.71. The lowest BCUT2D eigenvalue weighted by molar-refractivity contribution is -0.171. The van der Waals surface area contributed by atoms with Gasteiger partial charge in [-0.1, -0.05) is 30.3 Å². The molecule has 2 amide bonds. The van der Waals surface area contributed by atoms with Crippen molar-refractivity contribution in [3.05, 3.63) is 35.9 Å². The lowest BCUT2D eigenvalue weighted by atomic mass is 9.73. The number of carbonyl (C=O) groups is 3. The first-order chi connectivity index (χ1) is 14.4. The maximum atomic E-state index is 15.2. The van der Waals surface area contributed by atoms with Gasteiger partial charge >= 0.3 is 12.1 Å². The topological polar surface area (TPSA) is 93.7 Å². The molecular weight excluding hydrogens is 410 g/mol.